The number of aromatic nitrogens is 2. The van der Waals surface area contributed by atoms with Gasteiger partial charge in [0.25, 0.3) is 0 Å². The van der Waals surface area contributed by atoms with E-state index in [0.717, 1.165) is 51.6 Å². The standard InChI is InChI=1S/C21H33N5O/c1-3-5-13-27-14-7-10-24-21(23-4-2)25-16-19-8-6-9-20(15-19)17-26-12-11-22-18-26/h6,8-9,11-12,15,18H,3-5,7,10,13-14,16-17H2,1-2H3,(H2,23,24,25). The summed E-state index contributed by atoms with van der Waals surface area (Å²) in [7, 11) is 0. The van der Waals surface area contributed by atoms with Crippen LogP contribution in [0, 0.1) is 0 Å². The highest BCUT2D eigenvalue weighted by atomic mass is 16.5. The number of guanidine groups is 1. The second-order valence-corrected chi connectivity index (χ2v) is 6.50. The summed E-state index contributed by atoms with van der Waals surface area (Å²) in [5.41, 5.74) is 2.45. The van der Waals surface area contributed by atoms with Gasteiger partial charge in [-0.3, -0.25) is 0 Å². The predicted molar refractivity (Wildman–Crippen MR) is 111 cm³/mol. The molecule has 0 spiro atoms. The Hall–Kier alpha value is -2.34. The first-order valence-corrected chi connectivity index (χ1v) is 9.95. The normalized spacial score (nSPS) is 11.6. The topological polar surface area (TPSA) is 63.5 Å². The van der Waals surface area contributed by atoms with E-state index in [0.29, 0.717) is 6.54 Å². The van der Waals surface area contributed by atoms with Crippen molar-refractivity contribution in [2.75, 3.05) is 26.3 Å². The molecule has 0 atom stereocenters. The highest BCUT2D eigenvalue weighted by Gasteiger charge is 2.00. The fraction of sp³-hybridized carbons (Fsp3) is 0.524. The summed E-state index contributed by atoms with van der Waals surface area (Å²) in [6.45, 7) is 9.10. The molecule has 0 unspecified atom stereocenters. The summed E-state index contributed by atoms with van der Waals surface area (Å²) in [4.78, 5) is 8.80. The van der Waals surface area contributed by atoms with Crippen LogP contribution in [-0.2, 0) is 17.8 Å². The lowest BCUT2D eigenvalue weighted by atomic mass is 10.1. The Morgan fingerprint density at radius 3 is 2.78 bits per heavy atom. The van der Waals surface area contributed by atoms with E-state index in [-0.39, 0.29) is 0 Å². The van der Waals surface area contributed by atoms with E-state index in [4.69, 9.17) is 9.73 Å². The maximum Gasteiger partial charge on any atom is 0.191 e. The summed E-state index contributed by atoms with van der Waals surface area (Å²) in [5.74, 6) is 0.853. The molecule has 0 aliphatic rings. The van der Waals surface area contributed by atoms with Crippen LogP contribution in [0.3, 0.4) is 0 Å². The molecule has 0 bridgehead atoms. The molecule has 2 N–H and O–H groups in total. The molecular formula is C21H33N5O. The molecule has 27 heavy (non-hydrogen) atoms. The van der Waals surface area contributed by atoms with Crippen LogP contribution in [0.25, 0.3) is 0 Å². The zero-order chi connectivity index (χ0) is 19.2. The predicted octanol–water partition coefficient (Wildman–Crippen LogP) is 3.19. The van der Waals surface area contributed by atoms with Gasteiger partial charge < -0.3 is 19.9 Å². The Bertz CT molecular complexity index is 654. The Labute approximate surface area is 163 Å². The number of imidazole rings is 1. The van der Waals surface area contributed by atoms with E-state index < -0.39 is 0 Å². The van der Waals surface area contributed by atoms with E-state index in [1.807, 2.05) is 12.5 Å². The summed E-state index contributed by atoms with van der Waals surface area (Å²) >= 11 is 0. The summed E-state index contributed by atoms with van der Waals surface area (Å²) in [5, 5.41) is 6.68. The number of hydrogen-bond donors (Lipinski definition) is 2. The Morgan fingerprint density at radius 1 is 1.15 bits per heavy atom. The maximum absolute atomic E-state index is 5.59. The van der Waals surface area contributed by atoms with Crippen LogP contribution in [0.4, 0.5) is 0 Å². The van der Waals surface area contributed by atoms with Crippen molar-refractivity contribution in [1.29, 1.82) is 0 Å². The molecule has 148 valence electrons. The largest absolute Gasteiger partial charge is 0.381 e. The van der Waals surface area contributed by atoms with Crippen molar-refractivity contribution in [3.05, 3.63) is 54.1 Å². The molecule has 2 rings (SSSR count). The number of benzene rings is 1. The minimum atomic E-state index is 0.653. The van der Waals surface area contributed by atoms with E-state index in [2.05, 4.69) is 58.3 Å². The zero-order valence-electron chi connectivity index (χ0n) is 16.7. The first-order valence-electron chi connectivity index (χ1n) is 9.95. The first-order chi connectivity index (χ1) is 13.3. The molecule has 0 fully saturated rings. The Balaban J connectivity index is 1.79. The van der Waals surface area contributed by atoms with Gasteiger partial charge in [-0.25, -0.2) is 9.98 Å². The zero-order valence-corrected chi connectivity index (χ0v) is 16.7. The lowest BCUT2D eigenvalue weighted by Crippen LogP contribution is -2.38. The fourth-order valence-corrected chi connectivity index (χ4v) is 2.66. The van der Waals surface area contributed by atoms with Crippen molar-refractivity contribution >= 4 is 5.96 Å². The SMILES string of the molecule is CCCCOCCCNC(=NCc1cccc(Cn2ccnc2)c1)NCC. The monoisotopic (exact) mass is 371 g/mol. The third-order valence-electron chi connectivity index (χ3n) is 4.08. The molecule has 0 saturated carbocycles. The molecule has 2 aromatic rings. The van der Waals surface area contributed by atoms with Gasteiger partial charge in [-0.15, -0.1) is 0 Å². The molecule has 1 aromatic carbocycles. The van der Waals surface area contributed by atoms with E-state index in [1.54, 1.807) is 6.20 Å². The second-order valence-electron chi connectivity index (χ2n) is 6.50. The van der Waals surface area contributed by atoms with Crippen molar-refractivity contribution < 1.29 is 4.74 Å². The number of nitrogens with one attached hydrogen (secondary N) is 2. The van der Waals surface area contributed by atoms with Crippen LogP contribution < -0.4 is 10.6 Å². The second kappa shape index (κ2) is 12.9. The summed E-state index contributed by atoms with van der Waals surface area (Å²) in [6.07, 6.45) is 8.91. The minimum absolute atomic E-state index is 0.653. The van der Waals surface area contributed by atoms with Crippen molar-refractivity contribution in [3.8, 4) is 0 Å². The van der Waals surface area contributed by atoms with E-state index in [9.17, 15) is 0 Å². The quantitative estimate of drug-likeness (QED) is 0.342. The van der Waals surface area contributed by atoms with Crippen LogP contribution in [0.2, 0.25) is 0 Å². The number of ether oxygens (including phenoxy) is 1. The molecule has 6 heteroatoms. The maximum atomic E-state index is 5.59. The molecule has 0 aliphatic carbocycles. The van der Waals surface area contributed by atoms with Crippen molar-refractivity contribution in [1.82, 2.24) is 20.2 Å². The average Bonchev–Trinajstić information content (AvgIpc) is 3.18. The number of hydrogen-bond acceptors (Lipinski definition) is 3. The van der Waals surface area contributed by atoms with Gasteiger partial charge in [0.15, 0.2) is 5.96 Å². The minimum Gasteiger partial charge on any atom is -0.381 e. The Morgan fingerprint density at radius 2 is 2.00 bits per heavy atom. The smallest absolute Gasteiger partial charge is 0.191 e. The van der Waals surface area contributed by atoms with Crippen LogP contribution in [0.1, 0.15) is 44.2 Å². The van der Waals surface area contributed by atoms with Crippen LogP contribution in [0.5, 0.6) is 0 Å². The van der Waals surface area contributed by atoms with Gasteiger partial charge in [-0.05, 0) is 30.9 Å². The third kappa shape index (κ3) is 8.73. The molecular weight excluding hydrogens is 338 g/mol. The molecule has 1 aromatic heterocycles. The lowest BCUT2D eigenvalue weighted by molar-refractivity contribution is 0.129. The van der Waals surface area contributed by atoms with Crippen LogP contribution in [0.15, 0.2) is 48.0 Å². The molecule has 0 saturated heterocycles. The third-order valence-corrected chi connectivity index (χ3v) is 4.08. The summed E-state index contributed by atoms with van der Waals surface area (Å²) < 4.78 is 7.66. The van der Waals surface area contributed by atoms with Gasteiger partial charge in [0.1, 0.15) is 0 Å². The van der Waals surface area contributed by atoms with Gasteiger partial charge in [-0.2, -0.15) is 0 Å². The molecule has 6 nitrogen and oxygen atoms in total. The molecule has 1 heterocycles. The molecule has 0 amide bonds. The number of rotatable bonds is 12. The van der Waals surface area contributed by atoms with E-state index >= 15 is 0 Å². The van der Waals surface area contributed by atoms with Gasteiger partial charge in [0.2, 0.25) is 0 Å². The highest BCUT2D eigenvalue weighted by Crippen LogP contribution is 2.08. The van der Waals surface area contributed by atoms with Gasteiger partial charge >= 0.3 is 0 Å². The van der Waals surface area contributed by atoms with Crippen molar-refractivity contribution in [2.45, 2.75) is 46.2 Å². The fourth-order valence-electron chi connectivity index (χ4n) is 2.66. The van der Waals surface area contributed by atoms with Gasteiger partial charge in [-0.1, -0.05) is 37.6 Å². The molecule has 0 aliphatic heterocycles. The average molecular weight is 372 g/mol. The number of nitrogens with zero attached hydrogens (tertiary/aromatic N) is 3. The Kier molecular flexibility index (Phi) is 10.0. The van der Waals surface area contributed by atoms with Crippen molar-refractivity contribution in [2.24, 2.45) is 4.99 Å². The van der Waals surface area contributed by atoms with Crippen LogP contribution >= 0.6 is 0 Å². The van der Waals surface area contributed by atoms with Gasteiger partial charge in [0, 0.05) is 45.2 Å². The van der Waals surface area contributed by atoms with Crippen molar-refractivity contribution in [3.63, 3.8) is 0 Å². The number of aliphatic imine (C=N–C) groups is 1. The van der Waals surface area contributed by atoms with Crippen LogP contribution in [-0.4, -0.2) is 41.8 Å². The molecule has 0 radical (unpaired) electrons. The first kappa shape index (κ1) is 21.0. The van der Waals surface area contributed by atoms with E-state index in [1.165, 1.54) is 17.5 Å². The summed E-state index contributed by atoms with van der Waals surface area (Å²) in [6, 6.07) is 8.54. The highest BCUT2D eigenvalue weighted by molar-refractivity contribution is 5.79. The van der Waals surface area contributed by atoms with Gasteiger partial charge in [0.05, 0.1) is 12.9 Å². The number of unbranched alkanes of at least 4 members (excludes halogenated alkanes) is 1. The lowest BCUT2D eigenvalue weighted by Gasteiger charge is -2.12.